The number of aromatic nitrogens is 2. The maximum Gasteiger partial charge on any atom is 0.217 e. The van der Waals surface area contributed by atoms with Crippen LogP contribution < -0.4 is 5.32 Å². The zero-order chi connectivity index (χ0) is 15.2. The Kier molecular flexibility index (Phi) is 5.64. The van der Waals surface area contributed by atoms with Gasteiger partial charge in [0.2, 0.25) is 5.91 Å². The second kappa shape index (κ2) is 7.47. The third-order valence-electron chi connectivity index (χ3n) is 3.81. The first-order valence-electron chi connectivity index (χ1n) is 7.41. The fourth-order valence-corrected chi connectivity index (χ4v) is 2.77. The van der Waals surface area contributed by atoms with E-state index in [0.717, 1.165) is 49.6 Å². The number of hydrogen-bond donors (Lipinski definition) is 1. The molecule has 1 fully saturated rings. The standard InChI is InChI=1S/C15H24N4O2/c1-11-16-9-13(10-17-12(2)20)15(18-11)14-5-4-6-19(14)7-8-21-3/h9,14H,4-8,10H2,1-3H3,(H,17,20)/t14-/m0/s1. The topological polar surface area (TPSA) is 67.3 Å². The van der Waals surface area contributed by atoms with E-state index in [1.807, 2.05) is 13.1 Å². The van der Waals surface area contributed by atoms with Crippen molar-refractivity contribution in [2.75, 3.05) is 26.8 Å². The molecule has 0 unspecified atom stereocenters. The molecular weight excluding hydrogens is 268 g/mol. The van der Waals surface area contributed by atoms with E-state index in [0.29, 0.717) is 12.6 Å². The van der Waals surface area contributed by atoms with Gasteiger partial charge in [0.25, 0.3) is 0 Å². The average Bonchev–Trinajstić information content (AvgIpc) is 2.91. The molecule has 6 nitrogen and oxygen atoms in total. The summed E-state index contributed by atoms with van der Waals surface area (Å²) < 4.78 is 5.19. The molecule has 0 saturated carbocycles. The van der Waals surface area contributed by atoms with E-state index in [1.54, 1.807) is 7.11 Å². The molecule has 0 aliphatic carbocycles. The van der Waals surface area contributed by atoms with Crippen LogP contribution in [-0.2, 0) is 16.1 Å². The Labute approximate surface area is 125 Å². The van der Waals surface area contributed by atoms with E-state index in [9.17, 15) is 4.79 Å². The van der Waals surface area contributed by atoms with E-state index < -0.39 is 0 Å². The number of nitrogens with one attached hydrogen (secondary N) is 1. The van der Waals surface area contributed by atoms with Crippen LogP contribution in [0, 0.1) is 6.92 Å². The van der Waals surface area contributed by atoms with Gasteiger partial charge in [-0.3, -0.25) is 9.69 Å². The lowest BCUT2D eigenvalue weighted by Gasteiger charge is -2.25. The molecule has 0 aromatic carbocycles. The van der Waals surface area contributed by atoms with Crippen molar-refractivity contribution >= 4 is 5.91 Å². The van der Waals surface area contributed by atoms with Crippen LogP contribution in [0.3, 0.4) is 0 Å². The Bertz CT molecular complexity index is 493. The molecule has 1 amide bonds. The highest BCUT2D eigenvalue weighted by molar-refractivity contribution is 5.72. The first-order valence-corrected chi connectivity index (χ1v) is 7.41. The van der Waals surface area contributed by atoms with Crippen LogP contribution in [-0.4, -0.2) is 47.6 Å². The molecular formula is C15H24N4O2. The molecule has 1 atom stereocenters. The number of amides is 1. The number of methoxy groups -OCH3 is 1. The van der Waals surface area contributed by atoms with Gasteiger partial charge in [0.05, 0.1) is 18.3 Å². The highest BCUT2D eigenvalue weighted by atomic mass is 16.5. The van der Waals surface area contributed by atoms with Crippen molar-refractivity contribution in [2.24, 2.45) is 0 Å². The molecule has 1 aliphatic heterocycles. The van der Waals surface area contributed by atoms with Crippen LogP contribution in [0.2, 0.25) is 0 Å². The zero-order valence-electron chi connectivity index (χ0n) is 13.1. The lowest BCUT2D eigenvalue weighted by Crippen LogP contribution is -2.29. The third-order valence-corrected chi connectivity index (χ3v) is 3.81. The molecule has 1 N–H and O–H groups in total. The molecule has 116 valence electrons. The highest BCUT2D eigenvalue weighted by Crippen LogP contribution is 2.32. The molecule has 21 heavy (non-hydrogen) atoms. The fraction of sp³-hybridized carbons (Fsp3) is 0.667. The summed E-state index contributed by atoms with van der Waals surface area (Å²) in [7, 11) is 1.72. The van der Waals surface area contributed by atoms with Crippen LogP contribution in [0.25, 0.3) is 0 Å². The van der Waals surface area contributed by atoms with Crippen molar-refractivity contribution in [3.05, 3.63) is 23.3 Å². The van der Waals surface area contributed by atoms with Crippen molar-refractivity contribution in [2.45, 2.75) is 39.3 Å². The summed E-state index contributed by atoms with van der Waals surface area (Å²) >= 11 is 0. The van der Waals surface area contributed by atoms with Crippen LogP contribution in [0.15, 0.2) is 6.20 Å². The van der Waals surface area contributed by atoms with E-state index >= 15 is 0 Å². The minimum absolute atomic E-state index is 0.0378. The number of nitrogens with zero attached hydrogens (tertiary/aromatic N) is 3. The molecule has 0 spiro atoms. The highest BCUT2D eigenvalue weighted by Gasteiger charge is 2.28. The van der Waals surface area contributed by atoms with Gasteiger partial charge >= 0.3 is 0 Å². The quantitative estimate of drug-likeness (QED) is 0.853. The third kappa shape index (κ3) is 4.22. The minimum atomic E-state index is -0.0378. The van der Waals surface area contributed by atoms with Gasteiger partial charge in [-0.2, -0.15) is 0 Å². The van der Waals surface area contributed by atoms with Crippen molar-refractivity contribution in [3.63, 3.8) is 0 Å². The predicted octanol–water partition coefficient (Wildman–Crippen LogP) is 1.20. The summed E-state index contributed by atoms with van der Waals surface area (Å²) in [4.78, 5) is 22.5. The van der Waals surface area contributed by atoms with E-state index in [1.165, 1.54) is 6.92 Å². The van der Waals surface area contributed by atoms with Gasteiger partial charge in [0.15, 0.2) is 0 Å². The Balaban J connectivity index is 2.19. The second-order valence-electron chi connectivity index (χ2n) is 5.42. The molecule has 0 radical (unpaired) electrons. The Morgan fingerprint density at radius 3 is 3.10 bits per heavy atom. The number of carbonyl (C=O) groups excluding carboxylic acids is 1. The molecule has 2 heterocycles. The van der Waals surface area contributed by atoms with Crippen molar-refractivity contribution in [1.29, 1.82) is 0 Å². The molecule has 1 aliphatic rings. The molecule has 1 saturated heterocycles. The minimum Gasteiger partial charge on any atom is -0.383 e. The molecule has 0 bridgehead atoms. The number of carbonyl (C=O) groups is 1. The SMILES string of the molecule is COCCN1CCC[C@H]1c1nc(C)ncc1CNC(C)=O. The fourth-order valence-electron chi connectivity index (χ4n) is 2.77. The van der Waals surface area contributed by atoms with Gasteiger partial charge in [-0.15, -0.1) is 0 Å². The second-order valence-corrected chi connectivity index (χ2v) is 5.42. The van der Waals surface area contributed by atoms with Gasteiger partial charge in [0, 0.05) is 38.9 Å². The summed E-state index contributed by atoms with van der Waals surface area (Å²) in [6, 6.07) is 0.297. The van der Waals surface area contributed by atoms with Crippen LogP contribution >= 0.6 is 0 Å². The van der Waals surface area contributed by atoms with Crippen LogP contribution in [0.5, 0.6) is 0 Å². The van der Waals surface area contributed by atoms with Crippen molar-refractivity contribution in [1.82, 2.24) is 20.2 Å². The Hall–Kier alpha value is -1.53. The average molecular weight is 292 g/mol. The molecule has 1 aromatic heterocycles. The Morgan fingerprint density at radius 1 is 1.57 bits per heavy atom. The molecule has 6 heteroatoms. The maximum atomic E-state index is 11.1. The lowest BCUT2D eigenvalue weighted by molar-refractivity contribution is -0.119. The first-order chi connectivity index (χ1) is 10.1. The largest absolute Gasteiger partial charge is 0.383 e. The normalized spacial score (nSPS) is 18.9. The maximum absolute atomic E-state index is 11.1. The van der Waals surface area contributed by atoms with Gasteiger partial charge in [-0.25, -0.2) is 9.97 Å². The van der Waals surface area contributed by atoms with Gasteiger partial charge in [-0.05, 0) is 26.3 Å². The Morgan fingerprint density at radius 2 is 2.38 bits per heavy atom. The van der Waals surface area contributed by atoms with E-state index in [-0.39, 0.29) is 5.91 Å². The van der Waals surface area contributed by atoms with Crippen LogP contribution in [0.4, 0.5) is 0 Å². The lowest BCUT2D eigenvalue weighted by atomic mass is 10.1. The van der Waals surface area contributed by atoms with Crippen molar-refractivity contribution < 1.29 is 9.53 Å². The van der Waals surface area contributed by atoms with Gasteiger partial charge in [0.1, 0.15) is 5.82 Å². The van der Waals surface area contributed by atoms with Crippen molar-refractivity contribution in [3.8, 4) is 0 Å². The van der Waals surface area contributed by atoms with Crippen LogP contribution in [0.1, 0.15) is 42.9 Å². The number of ether oxygens (including phenoxy) is 1. The van der Waals surface area contributed by atoms with E-state index in [2.05, 4.69) is 20.2 Å². The number of hydrogen-bond acceptors (Lipinski definition) is 5. The van der Waals surface area contributed by atoms with Gasteiger partial charge < -0.3 is 10.1 Å². The number of rotatable bonds is 6. The van der Waals surface area contributed by atoms with Gasteiger partial charge in [-0.1, -0.05) is 0 Å². The predicted molar refractivity (Wildman–Crippen MR) is 79.7 cm³/mol. The monoisotopic (exact) mass is 292 g/mol. The zero-order valence-corrected chi connectivity index (χ0v) is 13.1. The summed E-state index contributed by atoms with van der Waals surface area (Å²) in [5.74, 6) is 0.736. The first kappa shape index (κ1) is 15.9. The molecule has 1 aromatic rings. The van der Waals surface area contributed by atoms with E-state index in [4.69, 9.17) is 4.74 Å². The number of likely N-dealkylation sites (tertiary alicyclic amines) is 1. The summed E-state index contributed by atoms with van der Waals surface area (Å²) in [5.41, 5.74) is 2.05. The summed E-state index contributed by atoms with van der Waals surface area (Å²) in [5, 5.41) is 2.84. The summed E-state index contributed by atoms with van der Waals surface area (Å²) in [6.45, 7) is 6.61. The molecule has 2 rings (SSSR count). The smallest absolute Gasteiger partial charge is 0.217 e. The summed E-state index contributed by atoms with van der Waals surface area (Å²) in [6.07, 6.45) is 4.09. The number of aryl methyl sites for hydroxylation is 1.